The van der Waals surface area contributed by atoms with Crippen LogP contribution >= 0.6 is 23.1 Å². The van der Waals surface area contributed by atoms with Crippen LogP contribution in [0.3, 0.4) is 0 Å². The normalized spacial score (nSPS) is 10.4. The van der Waals surface area contributed by atoms with Crippen LogP contribution in [0.2, 0.25) is 0 Å². The van der Waals surface area contributed by atoms with Crippen LogP contribution in [0, 0.1) is 13.8 Å². The Balaban J connectivity index is 1.96. The van der Waals surface area contributed by atoms with Crippen LogP contribution in [0.5, 0.6) is 0 Å². The molecule has 21 heavy (non-hydrogen) atoms. The summed E-state index contributed by atoms with van der Waals surface area (Å²) in [6.07, 6.45) is 0. The highest BCUT2D eigenvalue weighted by Crippen LogP contribution is 2.27. The van der Waals surface area contributed by atoms with E-state index < -0.39 is 5.91 Å². The fourth-order valence-electron chi connectivity index (χ4n) is 1.79. The van der Waals surface area contributed by atoms with Crippen molar-refractivity contribution in [3.8, 4) is 0 Å². The predicted molar refractivity (Wildman–Crippen MR) is 88.1 cm³/mol. The minimum absolute atomic E-state index is 0.148. The molecule has 0 unspecified atom stereocenters. The summed E-state index contributed by atoms with van der Waals surface area (Å²) < 4.78 is 0. The zero-order valence-corrected chi connectivity index (χ0v) is 13.4. The van der Waals surface area contributed by atoms with E-state index in [1.807, 2.05) is 36.6 Å². The van der Waals surface area contributed by atoms with Gasteiger partial charge in [0.25, 0.3) is 5.91 Å². The molecule has 0 radical (unpaired) electrons. The molecule has 0 spiro atoms. The Bertz CT molecular complexity index is 663. The summed E-state index contributed by atoms with van der Waals surface area (Å²) in [5.41, 5.74) is 7.69. The van der Waals surface area contributed by atoms with Crippen LogP contribution in [-0.2, 0) is 4.79 Å². The Labute approximate surface area is 131 Å². The molecule has 1 heterocycles. The largest absolute Gasteiger partial charge is 0.365 e. The number of nitrogens with one attached hydrogen (secondary N) is 1. The van der Waals surface area contributed by atoms with E-state index in [1.165, 1.54) is 28.7 Å². The summed E-state index contributed by atoms with van der Waals surface area (Å²) in [6.45, 7) is 3.82. The number of carbonyl (C=O) groups is 2. The van der Waals surface area contributed by atoms with Gasteiger partial charge in [-0.2, -0.15) is 0 Å². The molecule has 3 N–H and O–H groups in total. The highest BCUT2D eigenvalue weighted by atomic mass is 32.2. The van der Waals surface area contributed by atoms with Gasteiger partial charge in [0.2, 0.25) is 5.91 Å². The second kappa shape index (κ2) is 6.78. The summed E-state index contributed by atoms with van der Waals surface area (Å²) in [6, 6.07) is 7.98. The molecule has 1 aromatic carbocycles. The van der Waals surface area contributed by atoms with Gasteiger partial charge in [0.15, 0.2) is 0 Å². The van der Waals surface area contributed by atoms with Crippen LogP contribution in [0.25, 0.3) is 0 Å². The SMILES string of the molecule is Cc1ccc(SCC(=O)Nc2scc(C)c2C(N)=O)cc1. The van der Waals surface area contributed by atoms with E-state index in [4.69, 9.17) is 5.73 Å². The molecule has 110 valence electrons. The van der Waals surface area contributed by atoms with Crippen molar-refractivity contribution in [2.45, 2.75) is 18.7 Å². The Morgan fingerprint density at radius 2 is 1.90 bits per heavy atom. The minimum atomic E-state index is -0.518. The topological polar surface area (TPSA) is 72.2 Å². The molecule has 0 bridgehead atoms. The predicted octanol–water partition coefficient (Wildman–Crippen LogP) is 3.19. The maximum absolute atomic E-state index is 12.0. The van der Waals surface area contributed by atoms with E-state index in [2.05, 4.69) is 5.32 Å². The highest BCUT2D eigenvalue weighted by Gasteiger charge is 2.16. The average molecular weight is 320 g/mol. The molecule has 1 aromatic heterocycles. The van der Waals surface area contributed by atoms with E-state index in [-0.39, 0.29) is 11.7 Å². The average Bonchev–Trinajstić information content (AvgIpc) is 2.79. The smallest absolute Gasteiger partial charge is 0.251 e. The van der Waals surface area contributed by atoms with Gasteiger partial charge in [-0.25, -0.2) is 0 Å². The van der Waals surface area contributed by atoms with E-state index in [9.17, 15) is 9.59 Å². The fraction of sp³-hybridized carbons (Fsp3) is 0.200. The number of hydrogen-bond donors (Lipinski definition) is 2. The standard InChI is InChI=1S/C15H16N2O2S2/c1-9-3-5-11(6-4-9)20-8-12(18)17-15-13(14(16)19)10(2)7-21-15/h3-7H,8H2,1-2H3,(H2,16,19)(H,17,18). The van der Waals surface area contributed by atoms with E-state index in [0.29, 0.717) is 10.6 Å². The summed E-state index contributed by atoms with van der Waals surface area (Å²) in [5, 5.41) is 5.08. The molecule has 0 fully saturated rings. The molecule has 6 heteroatoms. The van der Waals surface area contributed by atoms with Crippen LogP contribution in [0.1, 0.15) is 21.5 Å². The number of hydrogen-bond acceptors (Lipinski definition) is 4. The summed E-state index contributed by atoms with van der Waals surface area (Å²) in [5.74, 6) is -0.377. The van der Waals surface area contributed by atoms with Gasteiger partial charge in [-0.1, -0.05) is 17.7 Å². The maximum atomic E-state index is 12.0. The number of nitrogens with two attached hydrogens (primary N) is 1. The first-order valence-corrected chi connectivity index (χ1v) is 8.21. The first-order chi connectivity index (χ1) is 9.97. The Kier molecular flexibility index (Phi) is 5.03. The van der Waals surface area contributed by atoms with Crippen molar-refractivity contribution in [2.24, 2.45) is 5.73 Å². The summed E-state index contributed by atoms with van der Waals surface area (Å²) in [7, 11) is 0. The first-order valence-electron chi connectivity index (χ1n) is 6.34. The third-order valence-electron chi connectivity index (χ3n) is 2.87. The van der Waals surface area contributed by atoms with Crippen molar-refractivity contribution in [3.05, 3.63) is 46.3 Å². The molecule has 2 rings (SSSR count). The maximum Gasteiger partial charge on any atom is 0.251 e. The fourth-order valence-corrected chi connectivity index (χ4v) is 3.45. The van der Waals surface area contributed by atoms with Crippen molar-refractivity contribution < 1.29 is 9.59 Å². The molecule has 0 aliphatic heterocycles. The third kappa shape index (κ3) is 4.09. The van der Waals surface area contributed by atoms with Gasteiger partial charge in [-0.15, -0.1) is 23.1 Å². The zero-order chi connectivity index (χ0) is 15.4. The Morgan fingerprint density at radius 1 is 1.24 bits per heavy atom. The number of rotatable bonds is 5. The lowest BCUT2D eigenvalue weighted by Crippen LogP contribution is -2.18. The molecule has 0 aliphatic rings. The molecule has 2 amide bonds. The highest BCUT2D eigenvalue weighted by molar-refractivity contribution is 8.00. The van der Waals surface area contributed by atoms with E-state index in [1.54, 1.807) is 6.92 Å². The van der Waals surface area contributed by atoms with Crippen molar-refractivity contribution in [1.29, 1.82) is 0 Å². The quantitative estimate of drug-likeness (QED) is 0.831. The van der Waals surface area contributed by atoms with E-state index >= 15 is 0 Å². The lowest BCUT2D eigenvalue weighted by Gasteiger charge is -2.05. The summed E-state index contributed by atoms with van der Waals surface area (Å²) in [4.78, 5) is 24.4. The third-order valence-corrected chi connectivity index (χ3v) is 4.89. The Morgan fingerprint density at radius 3 is 2.52 bits per heavy atom. The van der Waals surface area contributed by atoms with Gasteiger partial charge >= 0.3 is 0 Å². The van der Waals surface area contributed by atoms with Crippen LogP contribution in [0.15, 0.2) is 34.5 Å². The molecule has 0 atom stereocenters. The number of aryl methyl sites for hydroxylation is 2. The number of primary amides is 1. The van der Waals surface area contributed by atoms with Crippen LogP contribution in [0.4, 0.5) is 5.00 Å². The van der Waals surface area contributed by atoms with Gasteiger partial charge in [0, 0.05) is 4.90 Å². The Hall–Kier alpha value is -1.79. The minimum Gasteiger partial charge on any atom is -0.365 e. The lowest BCUT2D eigenvalue weighted by atomic mass is 10.2. The van der Waals surface area contributed by atoms with Crippen LogP contribution < -0.4 is 11.1 Å². The van der Waals surface area contributed by atoms with Gasteiger partial charge in [-0.3, -0.25) is 9.59 Å². The molecule has 0 aliphatic carbocycles. The first kappa shape index (κ1) is 15.6. The monoisotopic (exact) mass is 320 g/mol. The molecule has 0 saturated heterocycles. The van der Waals surface area contributed by atoms with Crippen LogP contribution in [-0.4, -0.2) is 17.6 Å². The molecule has 4 nitrogen and oxygen atoms in total. The molecular formula is C15H16N2O2S2. The summed E-state index contributed by atoms with van der Waals surface area (Å²) >= 11 is 2.77. The van der Waals surface area contributed by atoms with Gasteiger partial charge in [-0.05, 0) is 36.9 Å². The van der Waals surface area contributed by atoms with Crippen molar-refractivity contribution in [2.75, 3.05) is 11.1 Å². The van der Waals surface area contributed by atoms with Crippen molar-refractivity contribution in [3.63, 3.8) is 0 Å². The van der Waals surface area contributed by atoms with Crippen molar-refractivity contribution >= 4 is 39.9 Å². The number of carbonyl (C=O) groups excluding carboxylic acids is 2. The zero-order valence-electron chi connectivity index (χ0n) is 11.8. The van der Waals surface area contributed by atoms with Crippen molar-refractivity contribution in [1.82, 2.24) is 0 Å². The number of anilines is 1. The van der Waals surface area contributed by atoms with Gasteiger partial charge in [0.1, 0.15) is 5.00 Å². The molecule has 0 saturated carbocycles. The number of amides is 2. The second-order valence-corrected chi connectivity index (χ2v) is 6.57. The number of thiophene rings is 1. The second-order valence-electron chi connectivity index (χ2n) is 4.64. The van der Waals surface area contributed by atoms with E-state index in [0.717, 1.165) is 10.5 Å². The lowest BCUT2D eigenvalue weighted by molar-refractivity contribution is -0.113. The molecular weight excluding hydrogens is 304 g/mol. The number of benzene rings is 1. The van der Waals surface area contributed by atoms with Gasteiger partial charge in [0.05, 0.1) is 11.3 Å². The molecule has 2 aromatic rings. The number of thioether (sulfide) groups is 1. The van der Waals surface area contributed by atoms with Gasteiger partial charge < -0.3 is 11.1 Å².